The molecule has 0 aliphatic heterocycles. The molecule has 5 rings (SSSR count). The van der Waals surface area contributed by atoms with Crippen LogP contribution in [0.3, 0.4) is 0 Å². The first-order valence-electron chi connectivity index (χ1n) is 22.5. The molecule has 0 saturated heterocycles. The summed E-state index contributed by atoms with van der Waals surface area (Å²) in [5.41, 5.74) is 3.86. The van der Waals surface area contributed by atoms with Gasteiger partial charge >= 0.3 is 11.9 Å². The monoisotopic (exact) mass is 824 g/mol. The molecule has 3 aromatic rings. The maximum Gasteiger partial charge on any atom is 0.341 e. The Morgan fingerprint density at radius 3 is 1.48 bits per heavy atom. The molecule has 0 spiro atoms. The highest BCUT2D eigenvalue weighted by molar-refractivity contribution is 5.90. The number of esters is 2. The zero-order valence-electron chi connectivity index (χ0n) is 36.1. The van der Waals surface area contributed by atoms with Crippen LogP contribution in [-0.2, 0) is 22.4 Å². The van der Waals surface area contributed by atoms with E-state index in [1.807, 2.05) is 6.92 Å². The Bertz CT molecular complexity index is 1700. The van der Waals surface area contributed by atoms with Crippen LogP contribution in [0.2, 0.25) is 0 Å². The van der Waals surface area contributed by atoms with Gasteiger partial charge in [0.2, 0.25) is 0 Å². The molecule has 9 nitrogen and oxygen atoms in total. The predicted octanol–water partition coefficient (Wildman–Crippen LogP) is 10.7. The molecule has 0 radical (unpaired) electrons. The molecule has 0 aromatic heterocycles. The Hall–Kier alpha value is -4.60. The molecule has 0 heterocycles. The number of aliphatic hydroxyl groups excluding tert-OH is 2. The van der Waals surface area contributed by atoms with Gasteiger partial charge in [0.05, 0.1) is 44.2 Å². The topological polar surface area (TPSA) is 121 Å². The van der Waals surface area contributed by atoms with Gasteiger partial charge in [-0.05, 0) is 160 Å². The summed E-state index contributed by atoms with van der Waals surface area (Å²) < 4.78 is 29.1. The number of hydrogen-bond acceptors (Lipinski definition) is 9. The third-order valence-electron chi connectivity index (χ3n) is 12.3. The van der Waals surface area contributed by atoms with Gasteiger partial charge in [0.15, 0.2) is 0 Å². The lowest BCUT2D eigenvalue weighted by Crippen LogP contribution is -2.25. The van der Waals surface area contributed by atoms with Gasteiger partial charge in [0.25, 0.3) is 0 Å². The van der Waals surface area contributed by atoms with Gasteiger partial charge in [-0.25, -0.2) is 9.59 Å². The summed E-state index contributed by atoms with van der Waals surface area (Å²) in [5.74, 6) is 4.98. The Morgan fingerprint density at radius 1 is 0.600 bits per heavy atom. The Balaban J connectivity index is 1.21. The predicted molar refractivity (Wildman–Crippen MR) is 236 cm³/mol. The molecular formula is C51H68O9. The molecule has 0 atom stereocenters. The molecule has 2 aliphatic rings. The number of carbonyl (C=O) groups excluding carboxylic acids is 2. The summed E-state index contributed by atoms with van der Waals surface area (Å²) in [7, 11) is 0. The van der Waals surface area contributed by atoms with E-state index in [0.29, 0.717) is 48.7 Å². The first-order valence-corrected chi connectivity index (χ1v) is 22.5. The first-order chi connectivity index (χ1) is 29.2. The molecule has 2 N–H and O–H groups in total. The van der Waals surface area contributed by atoms with Crippen LogP contribution >= 0.6 is 0 Å². The third-order valence-corrected chi connectivity index (χ3v) is 12.3. The standard InChI is InChI=1S/C51H68O9/c1-5-7-8-11-38-14-16-39(17-15-38)40-18-20-41(21-19-40)44-32-42(12-9-30-57-45-22-26-47(27-23-45)59-50(54)36(3)34-52)49(56-6-2)43(33-44)13-10-31-58-46-24-28-48(29-25-46)60-51(55)37(4)35-53/h22-29,32-33,38-41,52-53H,3-21,30-31,34-35H2,1-2H3. The third kappa shape index (κ3) is 14.3. The van der Waals surface area contributed by atoms with E-state index in [9.17, 15) is 9.59 Å². The molecule has 9 heteroatoms. The summed E-state index contributed by atoms with van der Waals surface area (Å²) in [5, 5.41) is 18.3. The van der Waals surface area contributed by atoms with Crippen LogP contribution in [0.15, 0.2) is 85.0 Å². The fraction of sp³-hybridized carbons (Fsp3) is 0.529. The quantitative estimate of drug-likeness (QED) is 0.0394. The van der Waals surface area contributed by atoms with E-state index in [1.165, 1.54) is 93.7 Å². The molecule has 3 aromatic carbocycles. The zero-order valence-corrected chi connectivity index (χ0v) is 36.1. The Morgan fingerprint density at radius 2 is 1.05 bits per heavy atom. The van der Waals surface area contributed by atoms with Crippen LogP contribution in [0.25, 0.3) is 0 Å². The molecule has 0 bridgehead atoms. The van der Waals surface area contributed by atoms with Crippen molar-refractivity contribution in [2.45, 2.75) is 122 Å². The van der Waals surface area contributed by atoms with Crippen LogP contribution in [0, 0.1) is 17.8 Å². The van der Waals surface area contributed by atoms with E-state index in [2.05, 4.69) is 32.2 Å². The van der Waals surface area contributed by atoms with Crippen molar-refractivity contribution in [2.75, 3.05) is 33.0 Å². The second kappa shape index (κ2) is 24.6. The van der Waals surface area contributed by atoms with Crippen molar-refractivity contribution in [3.8, 4) is 28.7 Å². The summed E-state index contributed by atoms with van der Waals surface area (Å²) in [6, 6.07) is 18.6. The summed E-state index contributed by atoms with van der Waals surface area (Å²) in [6.07, 6.45) is 19.5. The highest BCUT2D eigenvalue weighted by Gasteiger charge is 2.32. The number of rotatable bonds is 24. The number of aryl methyl sites for hydroxylation is 2. The van der Waals surface area contributed by atoms with Gasteiger partial charge in [0, 0.05) is 0 Å². The number of aliphatic hydroxyl groups is 2. The van der Waals surface area contributed by atoms with Crippen LogP contribution in [0.5, 0.6) is 28.7 Å². The number of hydrogen-bond donors (Lipinski definition) is 2. The first kappa shape index (κ1) is 46.5. The van der Waals surface area contributed by atoms with Crippen molar-refractivity contribution in [2.24, 2.45) is 17.8 Å². The van der Waals surface area contributed by atoms with Gasteiger partial charge in [-0.3, -0.25) is 0 Å². The van der Waals surface area contributed by atoms with Crippen LogP contribution < -0.4 is 23.7 Å². The number of benzene rings is 3. The SMILES string of the molecule is C=C(CO)C(=O)Oc1ccc(OCCCc2cc(C3CCC(C4CCC(CCCCC)CC4)CC3)cc(CCCOc3ccc(OC(=O)C(=C)CO)cc3)c2OCC)cc1. The van der Waals surface area contributed by atoms with Gasteiger partial charge < -0.3 is 33.9 Å². The van der Waals surface area contributed by atoms with Gasteiger partial charge in [0.1, 0.15) is 28.7 Å². The van der Waals surface area contributed by atoms with Gasteiger partial charge in [-0.15, -0.1) is 0 Å². The van der Waals surface area contributed by atoms with Crippen LogP contribution in [-0.4, -0.2) is 55.2 Å². The van der Waals surface area contributed by atoms with Crippen molar-refractivity contribution in [1.82, 2.24) is 0 Å². The van der Waals surface area contributed by atoms with Crippen molar-refractivity contribution in [3.63, 3.8) is 0 Å². The second-order valence-corrected chi connectivity index (χ2v) is 16.6. The van der Waals surface area contributed by atoms with Gasteiger partial charge in [-0.2, -0.15) is 0 Å². The Kier molecular flexibility index (Phi) is 19.1. The van der Waals surface area contributed by atoms with Gasteiger partial charge in [-0.1, -0.05) is 70.7 Å². The highest BCUT2D eigenvalue weighted by atomic mass is 16.5. The van der Waals surface area contributed by atoms with Crippen LogP contribution in [0.1, 0.15) is 126 Å². The van der Waals surface area contributed by atoms with E-state index in [-0.39, 0.29) is 11.1 Å². The highest BCUT2D eigenvalue weighted by Crippen LogP contribution is 2.45. The molecule has 326 valence electrons. The summed E-state index contributed by atoms with van der Waals surface area (Å²) >= 11 is 0. The molecule has 0 unspecified atom stereocenters. The van der Waals surface area contributed by atoms with Crippen molar-refractivity contribution in [3.05, 3.63) is 102 Å². The minimum Gasteiger partial charge on any atom is -0.494 e. The molecule has 2 saturated carbocycles. The van der Waals surface area contributed by atoms with E-state index in [1.54, 1.807) is 48.5 Å². The van der Waals surface area contributed by atoms with E-state index < -0.39 is 25.2 Å². The Labute approximate surface area is 358 Å². The molecule has 2 fully saturated rings. The fourth-order valence-corrected chi connectivity index (χ4v) is 8.87. The lowest BCUT2D eigenvalue weighted by molar-refractivity contribution is -0.131. The fourth-order valence-electron chi connectivity index (χ4n) is 8.87. The minimum atomic E-state index is -0.659. The average Bonchev–Trinajstić information content (AvgIpc) is 3.28. The molecular weight excluding hydrogens is 757 g/mol. The lowest BCUT2D eigenvalue weighted by Gasteiger charge is -2.38. The zero-order chi connectivity index (χ0) is 42.7. The van der Waals surface area contributed by atoms with Crippen molar-refractivity contribution < 1.29 is 43.5 Å². The molecule has 2 aliphatic carbocycles. The van der Waals surface area contributed by atoms with E-state index in [0.717, 1.165) is 49.2 Å². The molecule has 0 amide bonds. The smallest absolute Gasteiger partial charge is 0.341 e. The average molecular weight is 825 g/mol. The lowest BCUT2D eigenvalue weighted by atomic mass is 9.67. The van der Waals surface area contributed by atoms with Crippen molar-refractivity contribution >= 4 is 11.9 Å². The van der Waals surface area contributed by atoms with E-state index >= 15 is 0 Å². The number of ether oxygens (including phenoxy) is 5. The van der Waals surface area contributed by atoms with Crippen molar-refractivity contribution in [1.29, 1.82) is 0 Å². The largest absolute Gasteiger partial charge is 0.494 e. The summed E-state index contributed by atoms with van der Waals surface area (Å²) in [4.78, 5) is 23.9. The number of carbonyl (C=O) groups is 2. The number of unbranched alkanes of at least 4 members (excludes halogenated alkanes) is 2. The second-order valence-electron chi connectivity index (χ2n) is 16.6. The maximum atomic E-state index is 12.0. The van der Waals surface area contributed by atoms with E-state index in [4.69, 9.17) is 33.9 Å². The maximum absolute atomic E-state index is 12.0. The normalized spacial score (nSPS) is 18.9. The molecule has 60 heavy (non-hydrogen) atoms. The van der Waals surface area contributed by atoms with Crippen LogP contribution in [0.4, 0.5) is 0 Å². The minimum absolute atomic E-state index is 0.00259. The summed E-state index contributed by atoms with van der Waals surface area (Å²) in [6.45, 7) is 12.1.